The Labute approximate surface area is 217 Å². The molecule has 0 aromatic carbocycles. The number of nitrogens with one attached hydrogen (secondary N) is 1. The molecule has 1 fully saturated rings. The third kappa shape index (κ3) is 6.53. The van der Waals surface area contributed by atoms with Gasteiger partial charge in [0.25, 0.3) is 5.91 Å². The Kier molecular flexibility index (Phi) is 8.69. The zero-order valence-electron chi connectivity index (χ0n) is 21.1. The maximum absolute atomic E-state index is 13.7. The molecular weight excluding hydrogens is 503 g/mol. The molecule has 11 nitrogen and oxygen atoms in total. The van der Waals surface area contributed by atoms with Gasteiger partial charge < -0.3 is 10.2 Å². The molecule has 1 aliphatic rings. The highest BCUT2D eigenvalue weighted by Crippen LogP contribution is 2.29. The lowest BCUT2D eigenvalue weighted by molar-refractivity contribution is -0.137. The SMILES string of the molecule is CCCCN(Cc1cc(C(F)(F)F)ccn1)C(=O)c1nnn(C(=O)NCC2CCCCC2)c1-n1ccnn1. The minimum atomic E-state index is -4.54. The Balaban J connectivity index is 1.61. The summed E-state index contributed by atoms with van der Waals surface area (Å²) in [7, 11) is 0. The van der Waals surface area contributed by atoms with E-state index < -0.39 is 23.7 Å². The minimum absolute atomic E-state index is 0.00727. The summed E-state index contributed by atoms with van der Waals surface area (Å²) in [4.78, 5) is 32.1. The van der Waals surface area contributed by atoms with Crippen LogP contribution in [0.25, 0.3) is 5.82 Å². The fourth-order valence-electron chi connectivity index (χ4n) is 4.46. The van der Waals surface area contributed by atoms with Gasteiger partial charge in [0, 0.05) is 19.3 Å². The van der Waals surface area contributed by atoms with Crippen LogP contribution in [0.5, 0.6) is 0 Å². The van der Waals surface area contributed by atoms with Gasteiger partial charge in [-0.2, -0.15) is 17.9 Å². The maximum atomic E-state index is 13.7. The molecule has 2 amide bonds. The number of hydrogen-bond acceptors (Lipinski definition) is 7. The molecule has 0 unspecified atom stereocenters. The van der Waals surface area contributed by atoms with Crippen molar-refractivity contribution in [2.45, 2.75) is 64.6 Å². The van der Waals surface area contributed by atoms with Crippen molar-refractivity contribution in [1.29, 1.82) is 0 Å². The van der Waals surface area contributed by atoms with Crippen LogP contribution in [0, 0.1) is 5.92 Å². The van der Waals surface area contributed by atoms with E-state index in [0.717, 1.165) is 55.1 Å². The zero-order valence-corrected chi connectivity index (χ0v) is 21.1. The molecule has 3 aromatic rings. The standard InChI is InChI=1S/C24H30F3N9O2/c1-2-3-12-34(16-19-14-18(9-10-28-19)24(25,26)27)22(37)20-21(35-13-11-30-32-35)36(33-31-20)23(38)29-15-17-7-5-4-6-8-17/h9-11,13-14,17H,2-8,12,15-16H2,1H3,(H,29,38). The molecule has 38 heavy (non-hydrogen) atoms. The van der Waals surface area contributed by atoms with Crippen LogP contribution in [0.4, 0.5) is 18.0 Å². The molecule has 0 bridgehead atoms. The number of alkyl halides is 3. The largest absolute Gasteiger partial charge is 0.416 e. The number of hydrogen-bond donors (Lipinski definition) is 1. The van der Waals surface area contributed by atoms with E-state index in [0.29, 0.717) is 18.9 Å². The van der Waals surface area contributed by atoms with Crippen molar-refractivity contribution in [3.05, 3.63) is 47.7 Å². The molecule has 0 radical (unpaired) electrons. The second-order valence-electron chi connectivity index (χ2n) is 9.33. The maximum Gasteiger partial charge on any atom is 0.416 e. The highest BCUT2D eigenvalue weighted by Gasteiger charge is 2.32. The zero-order chi connectivity index (χ0) is 27.1. The number of unbranched alkanes of at least 4 members (excludes halogenated alkanes) is 1. The number of carbonyl (C=O) groups excluding carboxylic acids is 2. The molecule has 0 atom stereocenters. The van der Waals surface area contributed by atoms with E-state index in [-0.39, 0.29) is 30.3 Å². The van der Waals surface area contributed by atoms with Gasteiger partial charge in [0.2, 0.25) is 0 Å². The van der Waals surface area contributed by atoms with Gasteiger partial charge in [-0.3, -0.25) is 9.78 Å². The van der Waals surface area contributed by atoms with E-state index in [9.17, 15) is 22.8 Å². The van der Waals surface area contributed by atoms with E-state index in [1.54, 1.807) is 0 Å². The summed E-state index contributed by atoms with van der Waals surface area (Å²) in [5.74, 6) is -0.252. The van der Waals surface area contributed by atoms with Crippen LogP contribution in [-0.4, -0.2) is 64.9 Å². The van der Waals surface area contributed by atoms with Crippen molar-refractivity contribution in [1.82, 2.24) is 45.2 Å². The lowest BCUT2D eigenvalue weighted by Crippen LogP contribution is -2.36. The number of aromatic nitrogens is 7. The van der Waals surface area contributed by atoms with Crippen LogP contribution < -0.4 is 5.32 Å². The van der Waals surface area contributed by atoms with Crippen LogP contribution in [0.3, 0.4) is 0 Å². The molecule has 0 saturated heterocycles. The van der Waals surface area contributed by atoms with Gasteiger partial charge in [-0.25, -0.2) is 4.79 Å². The molecule has 4 rings (SSSR count). The molecule has 0 aliphatic heterocycles. The number of rotatable bonds is 9. The quantitative estimate of drug-likeness (QED) is 0.443. The topological polar surface area (TPSA) is 124 Å². The fraction of sp³-hybridized carbons (Fsp3) is 0.542. The Morgan fingerprint density at radius 2 is 1.95 bits per heavy atom. The summed E-state index contributed by atoms with van der Waals surface area (Å²) in [6, 6.07) is 1.23. The number of amides is 2. The van der Waals surface area contributed by atoms with Gasteiger partial charge in [-0.15, -0.1) is 14.9 Å². The number of halogens is 3. The monoisotopic (exact) mass is 533 g/mol. The third-order valence-electron chi connectivity index (χ3n) is 6.51. The van der Waals surface area contributed by atoms with Crippen molar-refractivity contribution in [2.75, 3.05) is 13.1 Å². The lowest BCUT2D eigenvalue weighted by Gasteiger charge is -2.22. The van der Waals surface area contributed by atoms with Crippen molar-refractivity contribution < 1.29 is 22.8 Å². The van der Waals surface area contributed by atoms with Gasteiger partial charge in [0.15, 0.2) is 11.5 Å². The van der Waals surface area contributed by atoms with E-state index in [4.69, 9.17) is 0 Å². The predicted octanol–water partition coefficient (Wildman–Crippen LogP) is 3.85. The second-order valence-corrected chi connectivity index (χ2v) is 9.33. The van der Waals surface area contributed by atoms with Crippen molar-refractivity contribution in [3.8, 4) is 5.82 Å². The Hall–Kier alpha value is -3.84. The minimum Gasteiger partial charge on any atom is -0.336 e. The molecule has 3 heterocycles. The van der Waals surface area contributed by atoms with Crippen LogP contribution in [0.2, 0.25) is 0 Å². The first-order valence-corrected chi connectivity index (χ1v) is 12.7. The number of nitrogens with zero attached hydrogens (tertiary/aromatic N) is 8. The average molecular weight is 534 g/mol. The molecule has 1 aliphatic carbocycles. The van der Waals surface area contributed by atoms with E-state index in [1.807, 2.05) is 6.92 Å². The molecule has 3 aromatic heterocycles. The highest BCUT2D eigenvalue weighted by atomic mass is 19.4. The van der Waals surface area contributed by atoms with Gasteiger partial charge in [-0.05, 0) is 37.3 Å². The molecule has 0 spiro atoms. The fourth-order valence-corrected chi connectivity index (χ4v) is 4.46. The van der Waals surface area contributed by atoms with Crippen molar-refractivity contribution >= 4 is 11.9 Å². The van der Waals surface area contributed by atoms with Gasteiger partial charge in [-0.1, -0.05) is 43.0 Å². The first kappa shape index (κ1) is 27.2. The van der Waals surface area contributed by atoms with E-state index in [1.165, 1.54) is 28.4 Å². The van der Waals surface area contributed by atoms with E-state index in [2.05, 4.69) is 30.9 Å². The number of pyridine rings is 1. The van der Waals surface area contributed by atoms with Crippen LogP contribution in [0.1, 0.15) is 73.6 Å². The van der Waals surface area contributed by atoms with Crippen LogP contribution in [-0.2, 0) is 12.7 Å². The normalized spacial score (nSPS) is 14.4. The molecule has 1 saturated carbocycles. The summed E-state index contributed by atoms with van der Waals surface area (Å²) < 4.78 is 41.8. The molecule has 14 heteroatoms. The Morgan fingerprint density at radius 3 is 2.63 bits per heavy atom. The van der Waals surface area contributed by atoms with E-state index >= 15 is 0 Å². The van der Waals surface area contributed by atoms with Crippen LogP contribution in [0.15, 0.2) is 30.7 Å². The van der Waals surface area contributed by atoms with Crippen molar-refractivity contribution in [2.24, 2.45) is 5.92 Å². The second kappa shape index (κ2) is 12.1. The summed E-state index contributed by atoms with van der Waals surface area (Å²) >= 11 is 0. The summed E-state index contributed by atoms with van der Waals surface area (Å²) in [6.45, 7) is 2.46. The molecular formula is C24H30F3N9O2. The first-order chi connectivity index (χ1) is 18.3. The Bertz CT molecular complexity index is 1220. The predicted molar refractivity (Wildman–Crippen MR) is 129 cm³/mol. The lowest BCUT2D eigenvalue weighted by atomic mass is 9.89. The first-order valence-electron chi connectivity index (χ1n) is 12.7. The third-order valence-corrected chi connectivity index (χ3v) is 6.51. The average Bonchev–Trinajstić information content (AvgIpc) is 3.60. The van der Waals surface area contributed by atoms with Gasteiger partial charge in [0.1, 0.15) is 0 Å². The summed E-state index contributed by atoms with van der Waals surface area (Å²) in [5.41, 5.74) is -0.954. The van der Waals surface area contributed by atoms with Crippen LogP contribution >= 0.6 is 0 Å². The highest BCUT2D eigenvalue weighted by molar-refractivity contribution is 5.96. The number of carbonyl (C=O) groups is 2. The van der Waals surface area contributed by atoms with Crippen molar-refractivity contribution in [3.63, 3.8) is 0 Å². The van der Waals surface area contributed by atoms with Gasteiger partial charge in [0.05, 0.1) is 30.2 Å². The summed E-state index contributed by atoms with van der Waals surface area (Å²) in [5, 5.41) is 18.5. The molecule has 1 N–H and O–H groups in total. The molecule has 204 valence electrons. The van der Waals surface area contributed by atoms with Gasteiger partial charge >= 0.3 is 12.2 Å². The summed E-state index contributed by atoms with van der Waals surface area (Å²) in [6.07, 6.45) is 6.21. The Morgan fingerprint density at radius 1 is 1.16 bits per heavy atom. The smallest absolute Gasteiger partial charge is 0.336 e.